The molecule has 0 aromatic carbocycles. The maximum absolute atomic E-state index is 12.8. The lowest BCUT2D eigenvalue weighted by molar-refractivity contribution is 0.0599. The Kier molecular flexibility index (Phi) is 5.73. The number of aromatic nitrogens is 1. The standard InChI is InChI=1S/C16H21N3O2/c17-8-4-5-13-11-18-9-7-15(13)16(21)19-10-3-1-2-6-14(19)12-20/h7,9,11,14,20H,1-3,6,8,10,12,17H2. The van der Waals surface area contributed by atoms with Gasteiger partial charge in [0.25, 0.3) is 5.91 Å². The Morgan fingerprint density at radius 1 is 1.48 bits per heavy atom. The lowest BCUT2D eigenvalue weighted by Gasteiger charge is -2.29. The maximum atomic E-state index is 12.8. The quantitative estimate of drug-likeness (QED) is 0.787. The number of rotatable bonds is 2. The fraction of sp³-hybridized carbons (Fsp3) is 0.500. The highest BCUT2D eigenvalue weighted by atomic mass is 16.3. The summed E-state index contributed by atoms with van der Waals surface area (Å²) >= 11 is 0. The molecule has 0 bridgehead atoms. The van der Waals surface area contributed by atoms with Crippen molar-refractivity contribution in [3.05, 3.63) is 29.6 Å². The molecule has 0 radical (unpaired) electrons. The highest BCUT2D eigenvalue weighted by molar-refractivity contribution is 5.96. The molecule has 0 aliphatic carbocycles. The number of pyridine rings is 1. The molecule has 1 aromatic rings. The lowest BCUT2D eigenvalue weighted by Crippen LogP contribution is -2.42. The van der Waals surface area contributed by atoms with Crippen molar-refractivity contribution in [1.29, 1.82) is 0 Å². The summed E-state index contributed by atoms with van der Waals surface area (Å²) < 4.78 is 0. The summed E-state index contributed by atoms with van der Waals surface area (Å²) in [5.41, 5.74) is 6.51. The van der Waals surface area contributed by atoms with Gasteiger partial charge in [-0.3, -0.25) is 9.78 Å². The van der Waals surface area contributed by atoms with Gasteiger partial charge in [0, 0.05) is 18.9 Å². The van der Waals surface area contributed by atoms with Crippen LogP contribution in [0.4, 0.5) is 0 Å². The third-order valence-corrected chi connectivity index (χ3v) is 3.73. The van der Waals surface area contributed by atoms with Gasteiger partial charge >= 0.3 is 0 Å². The van der Waals surface area contributed by atoms with Gasteiger partial charge < -0.3 is 15.7 Å². The number of likely N-dealkylation sites (tertiary alicyclic amines) is 1. The minimum Gasteiger partial charge on any atom is -0.394 e. The van der Waals surface area contributed by atoms with Crippen LogP contribution in [0.2, 0.25) is 0 Å². The summed E-state index contributed by atoms with van der Waals surface area (Å²) in [6.07, 6.45) is 7.13. The van der Waals surface area contributed by atoms with Crippen molar-refractivity contribution in [3.8, 4) is 11.8 Å². The third kappa shape index (κ3) is 3.81. The normalized spacial score (nSPS) is 18.6. The number of carbonyl (C=O) groups is 1. The fourth-order valence-electron chi connectivity index (χ4n) is 2.62. The van der Waals surface area contributed by atoms with Crippen molar-refractivity contribution >= 4 is 5.91 Å². The Balaban J connectivity index is 2.29. The van der Waals surface area contributed by atoms with Gasteiger partial charge in [-0.05, 0) is 18.9 Å². The zero-order chi connectivity index (χ0) is 15.1. The van der Waals surface area contributed by atoms with E-state index >= 15 is 0 Å². The van der Waals surface area contributed by atoms with Crippen LogP contribution in [0.25, 0.3) is 0 Å². The first-order valence-electron chi connectivity index (χ1n) is 7.32. The minimum absolute atomic E-state index is 0.000630. The van der Waals surface area contributed by atoms with Crippen LogP contribution < -0.4 is 5.73 Å². The molecule has 1 unspecified atom stereocenters. The van der Waals surface area contributed by atoms with E-state index in [9.17, 15) is 9.90 Å². The predicted octanol–water partition coefficient (Wildman–Crippen LogP) is 0.769. The number of carbonyl (C=O) groups excluding carboxylic acids is 1. The van der Waals surface area contributed by atoms with Crippen LogP contribution >= 0.6 is 0 Å². The van der Waals surface area contributed by atoms with E-state index in [1.54, 1.807) is 23.4 Å². The Bertz CT molecular complexity index is 548. The largest absolute Gasteiger partial charge is 0.394 e. The Morgan fingerprint density at radius 2 is 2.33 bits per heavy atom. The SMILES string of the molecule is NCC#Cc1cnccc1C(=O)N1CCCCCC1CO. The van der Waals surface area contributed by atoms with Crippen LogP contribution in [-0.2, 0) is 0 Å². The minimum atomic E-state index is -0.108. The van der Waals surface area contributed by atoms with Crippen molar-refractivity contribution in [2.75, 3.05) is 19.7 Å². The molecule has 1 aliphatic rings. The van der Waals surface area contributed by atoms with Gasteiger partial charge in [0.05, 0.1) is 30.3 Å². The summed E-state index contributed by atoms with van der Waals surface area (Å²) in [6, 6.07) is 1.57. The van der Waals surface area contributed by atoms with Crippen LogP contribution in [0.5, 0.6) is 0 Å². The maximum Gasteiger partial charge on any atom is 0.255 e. The molecule has 21 heavy (non-hydrogen) atoms. The van der Waals surface area contributed by atoms with Crippen molar-refractivity contribution in [1.82, 2.24) is 9.88 Å². The van der Waals surface area contributed by atoms with E-state index in [1.165, 1.54) is 0 Å². The molecule has 5 nitrogen and oxygen atoms in total. The van der Waals surface area contributed by atoms with Crippen LogP contribution in [0.15, 0.2) is 18.5 Å². The second kappa shape index (κ2) is 7.77. The van der Waals surface area contributed by atoms with Crippen molar-refractivity contribution in [2.45, 2.75) is 31.7 Å². The van der Waals surface area contributed by atoms with Crippen molar-refractivity contribution in [2.24, 2.45) is 5.73 Å². The monoisotopic (exact) mass is 287 g/mol. The van der Waals surface area contributed by atoms with Crippen LogP contribution in [0.1, 0.15) is 41.6 Å². The molecule has 0 saturated carbocycles. The molecule has 1 aliphatic heterocycles. The molecule has 1 aromatic heterocycles. The second-order valence-corrected chi connectivity index (χ2v) is 5.11. The molecule has 1 fully saturated rings. The van der Waals surface area contributed by atoms with Gasteiger partial charge in [0.15, 0.2) is 0 Å². The number of amides is 1. The van der Waals surface area contributed by atoms with E-state index in [1.807, 2.05) is 0 Å². The molecular weight excluding hydrogens is 266 g/mol. The molecule has 2 heterocycles. The van der Waals surface area contributed by atoms with Crippen LogP contribution in [0, 0.1) is 11.8 Å². The Morgan fingerprint density at radius 3 is 3.10 bits per heavy atom. The summed E-state index contributed by atoms with van der Waals surface area (Å²) in [7, 11) is 0. The highest BCUT2D eigenvalue weighted by Crippen LogP contribution is 2.20. The lowest BCUT2D eigenvalue weighted by atomic mass is 10.1. The van der Waals surface area contributed by atoms with E-state index in [2.05, 4.69) is 16.8 Å². The third-order valence-electron chi connectivity index (χ3n) is 3.73. The number of nitrogens with two attached hydrogens (primary N) is 1. The van der Waals surface area contributed by atoms with Gasteiger partial charge in [-0.25, -0.2) is 0 Å². The summed E-state index contributed by atoms with van der Waals surface area (Å²) in [4.78, 5) is 18.6. The first-order valence-corrected chi connectivity index (χ1v) is 7.32. The van der Waals surface area contributed by atoms with Gasteiger partial charge in [0.1, 0.15) is 0 Å². The number of aliphatic hydroxyl groups excluding tert-OH is 1. The molecule has 3 N–H and O–H groups in total. The summed E-state index contributed by atoms with van der Waals surface area (Å²) in [6.45, 7) is 0.919. The number of nitrogens with zero attached hydrogens (tertiary/aromatic N) is 2. The van der Waals surface area contributed by atoms with E-state index in [-0.39, 0.29) is 25.1 Å². The molecular formula is C16H21N3O2. The summed E-state index contributed by atoms with van der Waals surface area (Å²) in [5, 5.41) is 9.54. The van der Waals surface area contributed by atoms with Gasteiger partial charge in [-0.1, -0.05) is 24.7 Å². The topological polar surface area (TPSA) is 79.5 Å². The molecule has 0 spiro atoms. The molecule has 1 atom stereocenters. The fourth-order valence-corrected chi connectivity index (χ4v) is 2.62. The molecule has 5 heteroatoms. The number of aliphatic hydroxyl groups is 1. The van der Waals surface area contributed by atoms with Crippen LogP contribution in [-0.4, -0.2) is 46.6 Å². The van der Waals surface area contributed by atoms with Gasteiger partial charge in [0.2, 0.25) is 0 Å². The van der Waals surface area contributed by atoms with E-state index < -0.39 is 0 Å². The second-order valence-electron chi connectivity index (χ2n) is 5.11. The summed E-state index contributed by atoms with van der Waals surface area (Å²) in [5.74, 6) is 5.57. The number of hydrogen-bond donors (Lipinski definition) is 2. The van der Waals surface area contributed by atoms with E-state index in [0.29, 0.717) is 17.7 Å². The van der Waals surface area contributed by atoms with Crippen molar-refractivity contribution < 1.29 is 9.90 Å². The Hall–Kier alpha value is -1.90. The van der Waals surface area contributed by atoms with E-state index in [0.717, 1.165) is 25.7 Å². The average molecular weight is 287 g/mol. The molecule has 1 saturated heterocycles. The average Bonchev–Trinajstić information content (AvgIpc) is 2.77. The smallest absolute Gasteiger partial charge is 0.255 e. The molecule has 2 rings (SSSR count). The highest BCUT2D eigenvalue weighted by Gasteiger charge is 2.26. The van der Waals surface area contributed by atoms with Gasteiger partial charge in [-0.2, -0.15) is 0 Å². The predicted molar refractivity (Wildman–Crippen MR) is 80.5 cm³/mol. The van der Waals surface area contributed by atoms with Crippen molar-refractivity contribution in [3.63, 3.8) is 0 Å². The Labute approximate surface area is 125 Å². The molecule has 112 valence electrons. The van der Waals surface area contributed by atoms with Gasteiger partial charge in [-0.15, -0.1) is 0 Å². The van der Waals surface area contributed by atoms with E-state index in [4.69, 9.17) is 5.73 Å². The molecule has 1 amide bonds. The number of hydrogen-bond acceptors (Lipinski definition) is 4. The first kappa shape index (κ1) is 15.5. The first-order chi connectivity index (χ1) is 10.3. The van der Waals surface area contributed by atoms with Crippen LogP contribution in [0.3, 0.4) is 0 Å². The zero-order valence-electron chi connectivity index (χ0n) is 12.1. The zero-order valence-corrected chi connectivity index (χ0v) is 12.1.